The Morgan fingerprint density at radius 1 is 1.09 bits per heavy atom. The molecule has 0 saturated carbocycles. The number of nitrogens with one attached hydrogen (secondary N) is 1. The van der Waals surface area contributed by atoms with Gasteiger partial charge in [-0.15, -0.1) is 16.9 Å². The van der Waals surface area contributed by atoms with Crippen LogP contribution in [0.5, 0.6) is 0 Å². The summed E-state index contributed by atoms with van der Waals surface area (Å²) >= 11 is 1.58. The molecule has 0 radical (unpaired) electrons. The maximum Gasteiger partial charge on any atom is 0.252 e. The van der Waals surface area contributed by atoms with Gasteiger partial charge in [0.15, 0.2) is 5.82 Å². The Kier molecular flexibility index (Phi) is 7.55. The number of nitrogens with zero attached hydrogens (tertiary/aromatic N) is 5. The van der Waals surface area contributed by atoms with Crippen LogP contribution in [0.1, 0.15) is 42.9 Å². The van der Waals surface area contributed by atoms with Crippen LogP contribution in [0.4, 0.5) is 0 Å². The first-order valence-corrected chi connectivity index (χ1v) is 12.2. The van der Waals surface area contributed by atoms with Crippen molar-refractivity contribution in [1.29, 1.82) is 0 Å². The lowest BCUT2D eigenvalue weighted by Crippen LogP contribution is -2.45. The zero-order chi connectivity index (χ0) is 22.3. The Balaban J connectivity index is 1.38. The lowest BCUT2D eigenvalue weighted by Gasteiger charge is -2.33. The maximum absolute atomic E-state index is 13.1. The molecule has 1 aromatic heterocycles. The summed E-state index contributed by atoms with van der Waals surface area (Å²) in [6.07, 6.45) is 2.00. The summed E-state index contributed by atoms with van der Waals surface area (Å²) in [5.41, 5.74) is 1.63. The fourth-order valence-corrected chi connectivity index (χ4v) is 4.98. The van der Waals surface area contributed by atoms with Crippen molar-refractivity contribution in [3.63, 3.8) is 0 Å². The van der Waals surface area contributed by atoms with Gasteiger partial charge in [0.05, 0.1) is 17.0 Å². The lowest BCUT2D eigenvalue weighted by molar-refractivity contribution is 0.0904. The molecule has 32 heavy (non-hydrogen) atoms. The number of piperidine rings is 1. The van der Waals surface area contributed by atoms with E-state index in [9.17, 15) is 4.79 Å². The zero-order valence-electron chi connectivity index (χ0n) is 18.6. The summed E-state index contributed by atoms with van der Waals surface area (Å²) < 4.78 is 1.74. The molecule has 3 aromatic rings. The van der Waals surface area contributed by atoms with Crippen LogP contribution < -0.4 is 5.32 Å². The Bertz CT molecular complexity index is 1010. The van der Waals surface area contributed by atoms with Crippen molar-refractivity contribution in [2.75, 3.05) is 19.6 Å². The summed E-state index contributed by atoms with van der Waals surface area (Å²) in [6, 6.07) is 17.8. The van der Waals surface area contributed by atoms with Gasteiger partial charge in [-0.25, -0.2) is 0 Å². The minimum atomic E-state index is -0.00180. The average molecular weight is 451 g/mol. The van der Waals surface area contributed by atoms with Crippen LogP contribution in [0.15, 0.2) is 59.5 Å². The molecule has 0 unspecified atom stereocenters. The molecule has 0 spiro atoms. The van der Waals surface area contributed by atoms with E-state index in [0.717, 1.165) is 48.9 Å². The smallest absolute Gasteiger partial charge is 0.252 e. The SMILES string of the molecule is CC(C)CN1CCC(NC(=O)c2ccccc2SCc2nnnn2-c2ccccc2)CC1. The number of hydrogen-bond acceptors (Lipinski definition) is 6. The average Bonchev–Trinajstić information content (AvgIpc) is 3.28. The first-order chi connectivity index (χ1) is 15.6. The van der Waals surface area contributed by atoms with Gasteiger partial charge in [0, 0.05) is 30.6 Å². The van der Waals surface area contributed by atoms with Crippen molar-refractivity contribution in [2.45, 2.75) is 43.4 Å². The zero-order valence-corrected chi connectivity index (χ0v) is 19.5. The van der Waals surface area contributed by atoms with Gasteiger partial charge in [0.25, 0.3) is 5.91 Å². The molecule has 1 aliphatic heterocycles. The van der Waals surface area contributed by atoms with Gasteiger partial charge in [-0.1, -0.05) is 44.2 Å². The highest BCUT2D eigenvalue weighted by Crippen LogP contribution is 2.26. The van der Waals surface area contributed by atoms with E-state index in [2.05, 4.69) is 39.6 Å². The molecule has 1 aliphatic rings. The van der Waals surface area contributed by atoms with Crippen LogP contribution in [0, 0.1) is 5.92 Å². The molecule has 7 nitrogen and oxygen atoms in total. The highest BCUT2D eigenvalue weighted by molar-refractivity contribution is 7.98. The number of para-hydroxylation sites is 1. The van der Waals surface area contributed by atoms with Crippen LogP contribution in [0.2, 0.25) is 0 Å². The van der Waals surface area contributed by atoms with Gasteiger partial charge in [-0.2, -0.15) is 4.68 Å². The third-order valence-corrected chi connectivity index (χ3v) is 6.64. The molecule has 2 aromatic carbocycles. The van der Waals surface area contributed by atoms with Crippen LogP contribution in [-0.4, -0.2) is 56.7 Å². The molecule has 8 heteroatoms. The van der Waals surface area contributed by atoms with Crippen molar-refractivity contribution in [2.24, 2.45) is 5.92 Å². The van der Waals surface area contributed by atoms with E-state index in [0.29, 0.717) is 17.2 Å². The molecule has 0 bridgehead atoms. The number of amides is 1. The van der Waals surface area contributed by atoms with Crippen LogP contribution in [-0.2, 0) is 5.75 Å². The van der Waals surface area contributed by atoms with Gasteiger partial charge in [-0.05, 0) is 53.5 Å². The van der Waals surface area contributed by atoms with Crippen LogP contribution in [0.25, 0.3) is 5.69 Å². The van der Waals surface area contributed by atoms with Crippen molar-refractivity contribution in [1.82, 2.24) is 30.4 Å². The molecule has 1 amide bonds. The van der Waals surface area contributed by atoms with Gasteiger partial charge < -0.3 is 10.2 Å². The molecule has 1 saturated heterocycles. The molecule has 0 aliphatic carbocycles. The number of hydrogen-bond donors (Lipinski definition) is 1. The molecular weight excluding hydrogens is 420 g/mol. The third-order valence-electron chi connectivity index (χ3n) is 5.57. The number of aromatic nitrogens is 4. The number of carbonyl (C=O) groups is 1. The van der Waals surface area contributed by atoms with Gasteiger partial charge in [0.1, 0.15) is 0 Å². The van der Waals surface area contributed by atoms with Crippen molar-refractivity contribution in [3.8, 4) is 5.69 Å². The van der Waals surface area contributed by atoms with Crippen molar-refractivity contribution < 1.29 is 4.79 Å². The number of rotatable bonds is 8. The summed E-state index contributed by atoms with van der Waals surface area (Å²) in [6.45, 7) is 7.72. The van der Waals surface area contributed by atoms with E-state index in [1.807, 2.05) is 54.6 Å². The minimum Gasteiger partial charge on any atom is -0.349 e. The fourth-order valence-electron chi connectivity index (χ4n) is 4.03. The molecule has 1 fully saturated rings. The lowest BCUT2D eigenvalue weighted by atomic mass is 10.0. The Morgan fingerprint density at radius 3 is 2.56 bits per heavy atom. The second-order valence-electron chi connectivity index (χ2n) is 8.57. The topological polar surface area (TPSA) is 75.9 Å². The van der Waals surface area contributed by atoms with E-state index < -0.39 is 0 Å². The summed E-state index contributed by atoms with van der Waals surface area (Å²) in [5.74, 6) is 1.99. The molecule has 1 N–H and O–H groups in total. The standard InChI is InChI=1S/C24H30N6OS/c1-18(2)16-29-14-12-19(13-15-29)25-24(31)21-10-6-7-11-22(21)32-17-23-26-27-28-30(23)20-8-4-3-5-9-20/h3-11,18-19H,12-17H2,1-2H3,(H,25,31). The molecule has 2 heterocycles. The van der Waals surface area contributed by atoms with Crippen molar-refractivity contribution >= 4 is 17.7 Å². The Hall–Kier alpha value is -2.71. The van der Waals surface area contributed by atoms with E-state index in [-0.39, 0.29) is 11.9 Å². The maximum atomic E-state index is 13.1. The number of thioether (sulfide) groups is 1. The highest BCUT2D eigenvalue weighted by atomic mass is 32.2. The number of likely N-dealkylation sites (tertiary alicyclic amines) is 1. The van der Waals surface area contributed by atoms with Gasteiger partial charge >= 0.3 is 0 Å². The predicted octanol–water partition coefficient (Wildman–Crippen LogP) is 3.80. The second-order valence-corrected chi connectivity index (χ2v) is 9.59. The van der Waals surface area contributed by atoms with E-state index in [1.165, 1.54) is 0 Å². The number of tetrazole rings is 1. The second kappa shape index (κ2) is 10.7. The molecule has 4 rings (SSSR count). The van der Waals surface area contributed by atoms with E-state index in [1.54, 1.807) is 16.4 Å². The summed E-state index contributed by atoms with van der Waals surface area (Å²) in [5, 5.41) is 15.4. The quantitative estimate of drug-likeness (QED) is 0.526. The Labute approximate surface area is 193 Å². The highest BCUT2D eigenvalue weighted by Gasteiger charge is 2.22. The number of benzene rings is 2. The first kappa shape index (κ1) is 22.5. The summed E-state index contributed by atoms with van der Waals surface area (Å²) in [7, 11) is 0. The summed E-state index contributed by atoms with van der Waals surface area (Å²) in [4.78, 5) is 16.5. The molecular formula is C24H30N6OS. The van der Waals surface area contributed by atoms with Crippen molar-refractivity contribution in [3.05, 3.63) is 66.0 Å². The monoisotopic (exact) mass is 450 g/mol. The predicted molar refractivity (Wildman–Crippen MR) is 127 cm³/mol. The number of carbonyl (C=O) groups excluding carboxylic acids is 1. The van der Waals surface area contributed by atoms with E-state index in [4.69, 9.17) is 0 Å². The Morgan fingerprint density at radius 2 is 1.81 bits per heavy atom. The first-order valence-electron chi connectivity index (χ1n) is 11.2. The molecule has 168 valence electrons. The van der Waals surface area contributed by atoms with Crippen LogP contribution in [0.3, 0.4) is 0 Å². The van der Waals surface area contributed by atoms with Gasteiger partial charge in [-0.3, -0.25) is 4.79 Å². The normalized spacial score (nSPS) is 15.2. The molecule has 0 atom stereocenters. The van der Waals surface area contributed by atoms with E-state index >= 15 is 0 Å². The largest absolute Gasteiger partial charge is 0.349 e. The van der Waals surface area contributed by atoms with Crippen LogP contribution >= 0.6 is 11.8 Å². The van der Waals surface area contributed by atoms with Gasteiger partial charge in [0.2, 0.25) is 0 Å². The minimum absolute atomic E-state index is 0.00180. The third kappa shape index (κ3) is 5.75. The fraction of sp³-hybridized carbons (Fsp3) is 0.417.